The number of rotatable bonds is 2. The smallest absolute Gasteiger partial charge is 0.294 e. The fourth-order valence-corrected chi connectivity index (χ4v) is 2.56. The Morgan fingerprint density at radius 2 is 2.06 bits per heavy atom. The molecule has 4 nitrogen and oxygen atoms in total. The van der Waals surface area contributed by atoms with Crippen molar-refractivity contribution in [1.29, 1.82) is 0 Å². The van der Waals surface area contributed by atoms with Gasteiger partial charge in [-0.05, 0) is 49.8 Å². The molecule has 3 rings (SSSR count). The van der Waals surface area contributed by atoms with Crippen LogP contribution in [0.15, 0.2) is 18.2 Å². The monoisotopic (exact) mass is 245 g/mol. The van der Waals surface area contributed by atoms with E-state index in [4.69, 9.17) is 10.5 Å². The number of nitrogens with one attached hydrogen (secondary N) is 1. The van der Waals surface area contributed by atoms with Crippen LogP contribution in [0, 0.1) is 5.92 Å². The molecule has 1 aromatic heterocycles. The first-order valence-electron chi connectivity index (χ1n) is 6.62. The Hall–Kier alpha value is -1.71. The Bertz CT molecular complexity index is 541. The lowest BCUT2D eigenvalue weighted by Gasteiger charge is -2.25. The molecule has 18 heavy (non-hydrogen) atoms. The molecule has 0 saturated heterocycles. The van der Waals surface area contributed by atoms with E-state index in [9.17, 15) is 0 Å². The van der Waals surface area contributed by atoms with Crippen molar-refractivity contribution >= 4 is 16.7 Å². The number of nitrogens with two attached hydrogens (primary N) is 1. The van der Waals surface area contributed by atoms with Gasteiger partial charge in [0.25, 0.3) is 6.01 Å². The van der Waals surface area contributed by atoms with E-state index in [0.29, 0.717) is 12.1 Å². The minimum absolute atomic E-state index is 0.305. The van der Waals surface area contributed by atoms with Gasteiger partial charge in [-0.15, -0.1) is 0 Å². The van der Waals surface area contributed by atoms with Crippen molar-refractivity contribution in [2.45, 2.75) is 38.7 Å². The summed E-state index contributed by atoms with van der Waals surface area (Å²) in [4.78, 5) is 7.62. The fraction of sp³-hybridized carbons (Fsp3) is 0.500. The van der Waals surface area contributed by atoms with E-state index in [2.05, 4.69) is 16.9 Å². The Morgan fingerprint density at radius 3 is 2.83 bits per heavy atom. The van der Waals surface area contributed by atoms with Gasteiger partial charge in [0, 0.05) is 5.69 Å². The van der Waals surface area contributed by atoms with Crippen molar-refractivity contribution in [3.8, 4) is 6.01 Å². The number of H-pyrrole nitrogens is 1. The van der Waals surface area contributed by atoms with Gasteiger partial charge in [0.1, 0.15) is 6.10 Å². The topological polar surface area (TPSA) is 63.9 Å². The third-order valence-corrected chi connectivity index (χ3v) is 3.73. The predicted octanol–water partition coefficient (Wildman–Crippen LogP) is 3.10. The third kappa shape index (κ3) is 2.28. The Balaban J connectivity index is 1.74. The Kier molecular flexibility index (Phi) is 2.86. The van der Waals surface area contributed by atoms with E-state index in [1.54, 1.807) is 0 Å². The van der Waals surface area contributed by atoms with Gasteiger partial charge >= 0.3 is 0 Å². The summed E-state index contributed by atoms with van der Waals surface area (Å²) in [5.74, 6) is 0.834. The maximum Gasteiger partial charge on any atom is 0.294 e. The standard InChI is InChI=1S/C14H19N3O/c1-9-2-5-11(6-3-9)18-14-16-12-7-4-10(15)8-13(12)17-14/h4,7-9,11H,2-3,5-6,15H2,1H3,(H,16,17). The summed E-state index contributed by atoms with van der Waals surface area (Å²) in [6.07, 6.45) is 5.05. The van der Waals surface area contributed by atoms with E-state index in [1.807, 2.05) is 18.2 Å². The fourth-order valence-electron chi connectivity index (χ4n) is 2.56. The highest BCUT2D eigenvalue weighted by Gasteiger charge is 2.20. The molecule has 1 saturated carbocycles. The van der Waals surface area contributed by atoms with Gasteiger partial charge in [-0.3, -0.25) is 0 Å². The van der Waals surface area contributed by atoms with Gasteiger partial charge in [0.15, 0.2) is 0 Å². The second kappa shape index (κ2) is 4.52. The van der Waals surface area contributed by atoms with Crippen LogP contribution < -0.4 is 10.5 Å². The highest BCUT2D eigenvalue weighted by molar-refractivity contribution is 5.79. The number of aromatic nitrogens is 2. The summed E-state index contributed by atoms with van der Waals surface area (Å²) in [6.45, 7) is 2.31. The van der Waals surface area contributed by atoms with Crippen molar-refractivity contribution in [3.05, 3.63) is 18.2 Å². The molecule has 3 N–H and O–H groups in total. The molecule has 0 atom stereocenters. The number of anilines is 1. The van der Waals surface area contributed by atoms with Crippen molar-refractivity contribution in [2.24, 2.45) is 5.92 Å². The van der Waals surface area contributed by atoms with Crippen LogP contribution in [0.2, 0.25) is 0 Å². The molecule has 4 heteroatoms. The molecule has 0 bridgehead atoms. The molecule has 0 amide bonds. The van der Waals surface area contributed by atoms with E-state index in [1.165, 1.54) is 12.8 Å². The quantitative estimate of drug-likeness (QED) is 0.799. The van der Waals surface area contributed by atoms with Gasteiger partial charge in [-0.1, -0.05) is 6.92 Å². The summed E-state index contributed by atoms with van der Waals surface area (Å²) >= 11 is 0. The van der Waals surface area contributed by atoms with E-state index >= 15 is 0 Å². The van der Waals surface area contributed by atoms with Crippen molar-refractivity contribution in [3.63, 3.8) is 0 Å². The maximum atomic E-state index is 5.92. The molecule has 96 valence electrons. The zero-order valence-electron chi connectivity index (χ0n) is 10.6. The SMILES string of the molecule is CC1CCC(Oc2nc3ccc(N)cc3[nH]2)CC1. The second-order valence-electron chi connectivity index (χ2n) is 5.32. The van der Waals surface area contributed by atoms with Crippen molar-refractivity contribution in [2.75, 3.05) is 5.73 Å². The van der Waals surface area contributed by atoms with Crippen LogP contribution in [0.4, 0.5) is 5.69 Å². The summed E-state index contributed by atoms with van der Waals surface area (Å²) in [5, 5.41) is 0. The number of nitrogens with zero attached hydrogens (tertiary/aromatic N) is 1. The van der Waals surface area contributed by atoms with Crippen LogP contribution >= 0.6 is 0 Å². The molecule has 1 fully saturated rings. The first kappa shape index (κ1) is 11.4. The highest BCUT2D eigenvalue weighted by Crippen LogP contribution is 2.27. The normalized spacial score (nSPS) is 24.3. The number of hydrogen-bond donors (Lipinski definition) is 2. The molecule has 2 aromatic rings. The second-order valence-corrected chi connectivity index (χ2v) is 5.32. The molecule has 0 spiro atoms. The van der Waals surface area contributed by atoms with Crippen LogP contribution in [0.3, 0.4) is 0 Å². The molecular weight excluding hydrogens is 226 g/mol. The molecular formula is C14H19N3O. The van der Waals surface area contributed by atoms with Gasteiger partial charge in [-0.25, -0.2) is 0 Å². The third-order valence-electron chi connectivity index (χ3n) is 3.73. The average molecular weight is 245 g/mol. The van der Waals surface area contributed by atoms with E-state index in [0.717, 1.165) is 35.5 Å². The molecule has 1 aliphatic carbocycles. The number of nitrogen functional groups attached to an aromatic ring is 1. The van der Waals surface area contributed by atoms with Gasteiger partial charge in [0.2, 0.25) is 0 Å². The first-order valence-corrected chi connectivity index (χ1v) is 6.62. The zero-order chi connectivity index (χ0) is 12.5. The van der Waals surface area contributed by atoms with Crippen molar-refractivity contribution < 1.29 is 4.74 Å². The van der Waals surface area contributed by atoms with Crippen molar-refractivity contribution in [1.82, 2.24) is 9.97 Å². The summed E-state index contributed by atoms with van der Waals surface area (Å²) in [6, 6.07) is 6.28. The largest absolute Gasteiger partial charge is 0.461 e. The molecule has 1 aromatic carbocycles. The number of hydrogen-bond acceptors (Lipinski definition) is 3. The molecule has 0 unspecified atom stereocenters. The lowest BCUT2D eigenvalue weighted by Crippen LogP contribution is -2.23. The first-order chi connectivity index (χ1) is 8.70. The summed E-state index contributed by atoms with van der Waals surface area (Å²) < 4.78 is 5.92. The average Bonchev–Trinajstić information content (AvgIpc) is 2.73. The van der Waals surface area contributed by atoms with Crippen LogP contribution in [-0.4, -0.2) is 16.1 Å². The summed E-state index contributed by atoms with van der Waals surface area (Å²) in [5.41, 5.74) is 8.33. The predicted molar refractivity (Wildman–Crippen MR) is 72.6 cm³/mol. The molecule has 0 radical (unpaired) electrons. The number of aromatic amines is 1. The Labute approximate surface area is 107 Å². The number of imidazole rings is 1. The van der Waals surface area contributed by atoms with Gasteiger partial charge in [-0.2, -0.15) is 4.98 Å². The number of fused-ring (bicyclic) bond motifs is 1. The molecule has 1 heterocycles. The van der Waals surface area contributed by atoms with Crippen LogP contribution in [0.5, 0.6) is 6.01 Å². The van der Waals surface area contributed by atoms with Crippen LogP contribution in [0.1, 0.15) is 32.6 Å². The maximum absolute atomic E-state index is 5.92. The summed E-state index contributed by atoms with van der Waals surface area (Å²) in [7, 11) is 0. The minimum atomic E-state index is 0.305. The minimum Gasteiger partial charge on any atom is -0.461 e. The van der Waals surface area contributed by atoms with Crippen LogP contribution in [0.25, 0.3) is 11.0 Å². The lowest BCUT2D eigenvalue weighted by molar-refractivity contribution is 0.126. The number of ether oxygens (including phenoxy) is 1. The van der Waals surface area contributed by atoms with Gasteiger partial charge in [0.05, 0.1) is 11.0 Å². The highest BCUT2D eigenvalue weighted by atomic mass is 16.5. The Morgan fingerprint density at radius 1 is 1.28 bits per heavy atom. The number of benzene rings is 1. The zero-order valence-corrected chi connectivity index (χ0v) is 10.6. The lowest BCUT2D eigenvalue weighted by atomic mass is 9.89. The van der Waals surface area contributed by atoms with Gasteiger partial charge < -0.3 is 15.5 Å². The van der Waals surface area contributed by atoms with E-state index in [-0.39, 0.29) is 0 Å². The molecule has 1 aliphatic rings. The van der Waals surface area contributed by atoms with E-state index < -0.39 is 0 Å². The molecule has 0 aliphatic heterocycles. The van der Waals surface area contributed by atoms with Crippen LogP contribution in [-0.2, 0) is 0 Å².